The molecule has 0 unspecified atom stereocenters. The zero-order valence-corrected chi connectivity index (χ0v) is 9.41. The predicted octanol–water partition coefficient (Wildman–Crippen LogP) is 1.92. The third-order valence-electron chi connectivity index (χ3n) is 2.09. The van der Waals surface area contributed by atoms with E-state index in [0.717, 1.165) is 19.2 Å². The Hall–Kier alpha value is -1.08. The van der Waals surface area contributed by atoms with Crippen molar-refractivity contribution in [1.29, 1.82) is 0 Å². The number of nitrogens with one attached hydrogen (secondary N) is 1. The second-order valence-electron chi connectivity index (χ2n) is 3.18. The monoisotopic (exact) mass is 253 g/mol. The van der Waals surface area contributed by atoms with Crippen LogP contribution in [0.15, 0.2) is 23.1 Å². The molecule has 0 fully saturated rings. The molecule has 0 aliphatic rings. The minimum atomic E-state index is -4.55. The molecule has 0 aliphatic carbocycles. The van der Waals surface area contributed by atoms with Gasteiger partial charge in [-0.05, 0) is 31.7 Å². The standard InChI is InChI=1S/C9H10F3NO2S/c1-6-3-4-7(16(14,15)13-2)5-8(6)9(10,11)12/h3-5,13H,1-2H3. The average Bonchev–Trinajstić information content (AvgIpc) is 2.16. The number of halogens is 3. The number of alkyl halides is 3. The summed E-state index contributed by atoms with van der Waals surface area (Å²) < 4.78 is 62.1. The molecule has 0 bridgehead atoms. The Morgan fingerprint density at radius 2 is 1.81 bits per heavy atom. The summed E-state index contributed by atoms with van der Waals surface area (Å²) in [4.78, 5) is -0.395. The van der Waals surface area contributed by atoms with Gasteiger partial charge in [0, 0.05) is 0 Å². The van der Waals surface area contributed by atoms with Crippen molar-refractivity contribution in [3.63, 3.8) is 0 Å². The fraction of sp³-hybridized carbons (Fsp3) is 0.333. The fourth-order valence-electron chi connectivity index (χ4n) is 1.19. The first-order chi connectivity index (χ1) is 7.18. The highest BCUT2D eigenvalue weighted by Gasteiger charge is 2.33. The first kappa shape index (κ1) is 13.0. The van der Waals surface area contributed by atoms with Crippen LogP contribution in [0.5, 0.6) is 0 Å². The lowest BCUT2D eigenvalue weighted by Crippen LogP contribution is -2.19. The lowest BCUT2D eigenvalue weighted by atomic mass is 10.1. The topological polar surface area (TPSA) is 46.2 Å². The van der Waals surface area contributed by atoms with Gasteiger partial charge in [0.1, 0.15) is 0 Å². The predicted molar refractivity (Wildman–Crippen MR) is 52.4 cm³/mol. The minimum Gasteiger partial charge on any atom is -0.214 e. The Labute approximate surface area is 91.3 Å². The summed E-state index contributed by atoms with van der Waals surface area (Å²) in [7, 11) is -2.71. The van der Waals surface area contributed by atoms with Crippen LogP contribution >= 0.6 is 0 Å². The summed E-state index contributed by atoms with van der Waals surface area (Å²) in [5, 5.41) is 0. The van der Waals surface area contributed by atoms with Gasteiger partial charge in [-0.25, -0.2) is 13.1 Å². The molecule has 0 saturated carbocycles. The first-order valence-corrected chi connectivity index (χ1v) is 5.78. The van der Waals surface area contributed by atoms with E-state index in [9.17, 15) is 21.6 Å². The van der Waals surface area contributed by atoms with Gasteiger partial charge in [-0.1, -0.05) is 6.07 Å². The van der Waals surface area contributed by atoms with Crippen molar-refractivity contribution < 1.29 is 21.6 Å². The summed E-state index contributed by atoms with van der Waals surface area (Å²) in [6, 6.07) is 2.89. The lowest BCUT2D eigenvalue weighted by molar-refractivity contribution is -0.138. The summed E-state index contributed by atoms with van der Waals surface area (Å²) >= 11 is 0. The van der Waals surface area contributed by atoms with Crippen LogP contribution in [0.2, 0.25) is 0 Å². The Morgan fingerprint density at radius 1 is 1.25 bits per heavy atom. The molecule has 0 aromatic heterocycles. The van der Waals surface area contributed by atoms with Crippen molar-refractivity contribution in [3.8, 4) is 0 Å². The molecule has 16 heavy (non-hydrogen) atoms. The molecule has 1 N–H and O–H groups in total. The molecule has 0 atom stereocenters. The summed E-state index contributed by atoms with van der Waals surface area (Å²) in [5.41, 5.74) is -0.952. The van der Waals surface area contributed by atoms with E-state index in [1.54, 1.807) is 0 Å². The van der Waals surface area contributed by atoms with Crippen molar-refractivity contribution in [1.82, 2.24) is 4.72 Å². The summed E-state index contributed by atoms with van der Waals surface area (Å²) in [6.45, 7) is 1.28. The molecule has 0 amide bonds. The van der Waals surface area contributed by atoms with Gasteiger partial charge in [0.2, 0.25) is 10.0 Å². The Kier molecular flexibility index (Phi) is 3.30. The third-order valence-corrected chi connectivity index (χ3v) is 3.51. The highest BCUT2D eigenvalue weighted by molar-refractivity contribution is 7.89. The van der Waals surface area contributed by atoms with Crippen molar-refractivity contribution >= 4 is 10.0 Å². The van der Waals surface area contributed by atoms with Gasteiger partial charge < -0.3 is 0 Å². The van der Waals surface area contributed by atoms with Gasteiger partial charge in [0.05, 0.1) is 10.5 Å². The van der Waals surface area contributed by atoms with Crippen LogP contribution in [-0.4, -0.2) is 15.5 Å². The normalized spacial score (nSPS) is 12.8. The second-order valence-corrected chi connectivity index (χ2v) is 5.07. The van der Waals surface area contributed by atoms with Crippen LogP contribution in [-0.2, 0) is 16.2 Å². The SMILES string of the molecule is CNS(=O)(=O)c1ccc(C)c(C(F)(F)F)c1. The third kappa shape index (κ3) is 2.53. The van der Waals surface area contributed by atoms with Gasteiger partial charge >= 0.3 is 6.18 Å². The number of aryl methyl sites for hydroxylation is 1. The van der Waals surface area contributed by atoms with Crippen molar-refractivity contribution in [2.24, 2.45) is 0 Å². The van der Waals surface area contributed by atoms with E-state index in [1.165, 1.54) is 6.92 Å². The van der Waals surface area contributed by atoms with Gasteiger partial charge in [-0.3, -0.25) is 0 Å². The lowest BCUT2D eigenvalue weighted by Gasteiger charge is -2.11. The largest absolute Gasteiger partial charge is 0.416 e. The highest BCUT2D eigenvalue weighted by Crippen LogP contribution is 2.33. The summed E-state index contributed by atoms with van der Waals surface area (Å²) in [5.74, 6) is 0. The van der Waals surface area contributed by atoms with Gasteiger partial charge in [-0.15, -0.1) is 0 Å². The maximum atomic E-state index is 12.5. The van der Waals surface area contributed by atoms with E-state index in [0.29, 0.717) is 6.07 Å². The molecule has 0 radical (unpaired) electrons. The molecule has 1 aromatic rings. The molecule has 0 heterocycles. The van der Waals surface area contributed by atoms with Crippen LogP contribution in [0.25, 0.3) is 0 Å². The van der Waals surface area contributed by atoms with E-state index >= 15 is 0 Å². The molecule has 0 spiro atoms. The Balaban J connectivity index is 3.40. The quantitative estimate of drug-likeness (QED) is 0.875. The fourth-order valence-corrected chi connectivity index (χ4v) is 1.95. The Morgan fingerprint density at radius 3 is 2.25 bits per heavy atom. The smallest absolute Gasteiger partial charge is 0.214 e. The Bertz CT molecular complexity index is 494. The van der Waals surface area contributed by atoms with E-state index in [1.807, 2.05) is 4.72 Å². The number of benzene rings is 1. The molecule has 0 aliphatic heterocycles. The molecule has 3 nitrogen and oxygen atoms in total. The van der Waals surface area contributed by atoms with Crippen molar-refractivity contribution in [2.75, 3.05) is 7.05 Å². The molecular weight excluding hydrogens is 243 g/mol. The van der Waals surface area contributed by atoms with Crippen LogP contribution in [0, 0.1) is 6.92 Å². The van der Waals surface area contributed by atoms with E-state index < -0.39 is 26.7 Å². The van der Waals surface area contributed by atoms with E-state index in [4.69, 9.17) is 0 Å². The van der Waals surface area contributed by atoms with E-state index in [2.05, 4.69) is 0 Å². The summed E-state index contributed by atoms with van der Waals surface area (Å²) in [6.07, 6.45) is -4.55. The average molecular weight is 253 g/mol. The van der Waals surface area contributed by atoms with Gasteiger partial charge in [-0.2, -0.15) is 13.2 Å². The zero-order valence-electron chi connectivity index (χ0n) is 8.59. The molecule has 0 saturated heterocycles. The van der Waals surface area contributed by atoms with E-state index in [-0.39, 0.29) is 5.56 Å². The minimum absolute atomic E-state index is 0.0115. The second kappa shape index (κ2) is 4.06. The zero-order chi connectivity index (χ0) is 12.6. The number of rotatable bonds is 2. The number of hydrogen-bond donors (Lipinski definition) is 1. The molecule has 1 rings (SSSR count). The first-order valence-electron chi connectivity index (χ1n) is 4.30. The molecule has 90 valence electrons. The number of sulfonamides is 1. The number of hydrogen-bond acceptors (Lipinski definition) is 2. The van der Waals surface area contributed by atoms with Crippen LogP contribution in [0.3, 0.4) is 0 Å². The van der Waals surface area contributed by atoms with Crippen LogP contribution in [0.1, 0.15) is 11.1 Å². The maximum Gasteiger partial charge on any atom is 0.416 e. The van der Waals surface area contributed by atoms with Crippen molar-refractivity contribution in [2.45, 2.75) is 18.0 Å². The van der Waals surface area contributed by atoms with Crippen LogP contribution < -0.4 is 4.72 Å². The van der Waals surface area contributed by atoms with Crippen molar-refractivity contribution in [3.05, 3.63) is 29.3 Å². The van der Waals surface area contributed by atoms with Gasteiger partial charge in [0.15, 0.2) is 0 Å². The highest BCUT2D eigenvalue weighted by atomic mass is 32.2. The van der Waals surface area contributed by atoms with Gasteiger partial charge in [0.25, 0.3) is 0 Å². The molecular formula is C9H10F3NO2S. The maximum absolute atomic E-state index is 12.5. The molecule has 1 aromatic carbocycles. The van der Waals surface area contributed by atoms with Crippen LogP contribution in [0.4, 0.5) is 13.2 Å². The molecule has 7 heteroatoms.